The van der Waals surface area contributed by atoms with E-state index in [0.29, 0.717) is 31.4 Å². The number of nitrogens with zero attached hydrogens (tertiary/aromatic N) is 4. The second kappa shape index (κ2) is 3.64. The number of rotatable bonds is 2. The van der Waals surface area contributed by atoms with E-state index in [1.165, 1.54) is 0 Å². The molecule has 2 rings (SSSR count). The van der Waals surface area contributed by atoms with E-state index in [1.54, 1.807) is 4.90 Å². The molecule has 1 aromatic heterocycles. The van der Waals surface area contributed by atoms with E-state index in [-0.39, 0.29) is 5.91 Å². The highest BCUT2D eigenvalue weighted by Gasteiger charge is 2.26. The molecule has 1 aliphatic rings. The summed E-state index contributed by atoms with van der Waals surface area (Å²) in [7, 11) is 0. The smallest absolute Gasteiger partial charge is 0.231 e. The Balaban J connectivity index is 2.40. The van der Waals surface area contributed by atoms with Crippen LogP contribution in [0.2, 0.25) is 0 Å². The lowest BCUT2D eigenvalue weighted by Crippen LogP contribution is -2.37. The summed E-state index contributed by atoms with van der Waals surface area (Å²) in [5, 5.41) is 4.39. The summed E-state index contributed by atoms with van der Waals surface area (Å²) in [6, 6.07) is 0. The molecule has 1 aliphatic heterocycles. The standard InChI is InChI=1S/C10H16N4O/c1-4-13-8(15)5-6-14-10(13)11-9(12-14)7(2)3/h7H,4-6H2,1-3H3. The fourth-order valence-corrected chi connectivity index (χ4v) is 1.71. The first-order valence-corrected chi connectivity index (χ1v) is 5.38. The Morgan fingerprint density at radius 1 is 1.47 bits per heavy atom. The molecule has 0 aliphatic carbocycles. The molecule has 0 spiro atoms. The Labute approximate surface area is 89.1 Å². The topological polar surface area (TPSA) is 51.0 Å². The van der Waals surface area contributed by atoms with E-state index in [2.05, 4.69) is 23.9 Å². The number of hydrogen-bond acceptors (Lipinski definition) is 3. The number of hydrogen-bond donors (Lipinski definition) is 0. The molecule has 15 heavy (non-hydrogen) atoms. The van der Waals surface area contributed by atoms with E-state index in [1.807, 2.05) is 11.6 Å². The Bertz CT molecular complexity index is 383. The van der Waals surface area contributed by atoms with Crippen molar-refractivity contribution in [3.63, 3.8) is 0 Å². The summed E-state index contributed by atoms with van der Waals surface area (Å²) in [5.74, 6) is 1.97. The summed E-state index contributed by atoms with van der Waals surface area (Å²) in [6.45, 7) is 7.38. The number of aromatic nitrogens is 3. The van der Waals surface area contributed by atoms with Gasteiger partial charge in [-0.3, -0.25) is 9.69 Å². The van der Waals surface area contributed by atoms with Crippen LogP contribution in [0.25, 0.3) is 0 Å². The number of amides is 1. The average molecular weight is 208 g/mol. The van der Waals surface area contributed by atoms with Gasteiger partial charge in [0.25, 0.3) is 0 Å². The van der Waals surface area contributed by atoms with Gasteiger partial charge in [-0.25, -0.2) is 4.68 Å². The number of carbonyl (C=O) groups excluding carboxylic acids is 1. The van der Waals surface area contributed by atoms with Crippen molar-refractivity contribution in [2.24, 2.45) is 0 Å². The first-order valence-electron chi connectivity index (χ1n) is 5.38. The van der Waals surface area contributed by atoms with Gasteiger partial charge in [-0.2, -0.15) is 10.1 Å². The van der Waals surface area contributed by atoms with Crippen molar-refractivity contribution in [2.45, 2.75) is 39.7 Å². The van der Waals surface area contributed by atoms with Gasteiger partial charge in [0.1, 0.15) is 0 Å². The zero-order valence-corrected chi connectivity index (χ0v) is 9.40. The van der Waals surface area contributed by atoms with Crippen molar-refractivity contribution in [1.29, 1.82) is 0 Å². The lowest BCUT2D eigenvalue weighted by atomic mass is 10.2. The van der Waals surface area contributed by atoms with Gasteiger partial charge in [-0.15, -0.1) is 0 Å². The molecule has 1 amide bonds. The Morgan fingerprint density at radius 3 is 2.80 bits per heavy atom. The number of fused-ring (bicyclic) bond motifs is 1. The van der Waals surface area contributed by atoms with Gasteiger partial charge < -0.3 is 0 Å². The average Bonchev–Trinajstić information content (AvgIpc) is 2.61. The van der Waals surface area contributed by atoms with Gasteiger partial charge in [-0.05, 0) is 6.92 Å². The summed E-state index contributed by atoms with van der Waals surface area (Å²) < 4.78 is 1.83. The van der Waals surface area contributed by atoms with Crippen molar-refractivity contribution in [3.8, 4) is 0 Å². The van der Waals surface area contributed by atoms with Gasteiger partial charge in [0.15, 0.2) is 5.82 Å². The van der Waals surface area contributed by atoms with E-state index < -0.39 is 0 Å². The van der Waals surface area contributed by atoms with Crippen molar-refractivity contribution in [2.75, 3.05) is 11.4 Å². The zero-order valence-electron chi connectivity index (χ0n) is 9.40. The van der Waals surface area contributed by atoms with Crippen molar-refractivity contribution in [1.82, 2.24) is 14.8 Å². The quantitative estimate of drug-likeness (QED) is 0.732. The second-order valence-corrected chi connectivity index (χ2v) is 4.04. The third-order valence-corrected chi connectivity index (χ3v) is 2.58. The lowest BCUT2D eigenvalue weighted by molar-refractivity contribution is -0.119. The minimum absolute atomic E-state index is 0.146. The van der Waals surface area contributed by atoms with Crippen molar-refractivity contribution >= 4 is 11.9 Å². The maximum absolute atomic E-state index is 11.6. The van der Waals surface area contributed by atoms with Gasteiger partial charge in [-0.1, -0.05) is 13.8 Å². The Morgan fingerprint density at radius 2 is 2.20 bits per heavy atom. The zero-order chi connectivity index (χ0) is 11.0. The predicted molar refractivity (Wildman–Crippen MR) is 56.8 cm³/mol. The molecular formula is C10H16N4O. The third kappa shape index (κ3) is 1.62. The van der Waals surface area contributed by atoms with Crippen LogP contribution in [0.1, 0.15) is 38.9 Å². The SMILES string of the molecule is CCN1C(=O)CCn2nc(C(C)C)nc21. The predicted octanol–water partition coefficient (Wildman–Crippen LogP) is 1.16. The highest BCUT2D eigenvalue weighted by molar-refractivity contribution is 5.92. The maximum atomic E-state index is 11.6. The van der Waals surface area contributed by atoms with Crippen LogP contribution < -0.4 is 4.90 Å². The van der Waals surface area contributed by atoms with Crippen LogP contribution >= 0.6 is 0 Å². The molecular weight excluding hydrogens is 192 g/mol. The molecule has 0 fully saturated rings. The van der Waals surface area contributed by atoms with Gasteiger partial charge in [0.05, 0.1) is 6.54 Å². The van der Waals surface area contributed by atoms with Gasteiger partial charge in [0, 0.05) is 18.9 Å². The van der Waals surface area contributed by atoms with Crippen LogP contribution in [0, 0.1) is 0 Å². The fraction of sp³-hybridized carbons (Fsp3) is 0.700. The van der Waals surface area contributed by atoms with Crippen molar-refractivity contribution < 1.29 is 4.79 Å². The molecule has 5 nitrogen and oxygen atoms in total. The fourth-order valence-electron chi connectivity index (χ4n) is 1.71. The molecule has 5 heteroatoms. The molecule has 0 atom stereocenters. The molecule has 0 bridgehead atoms. The summed E-state index contributed by atoms with van der Waals surface area (Å²) in [6.07, 6.45) is 0.529. The maximum Gasteiger partial charge on any atom is 0.231 e. The van der Waals surface area contributed by atoms with Gasteiger partial charge >= 0.3 is 0 Å². The summed E-state index contributed by atoms with van der Waals surface area (Å²) >= 11 is 0. The van der Waals surface area contributed by atoms with Crippen LogP contribution in [-0.2, 0) is 11.3 Å². The molecule has 0 saturated heterocycles. The normalized spacial score (nSPS) is 16.0. The van der Waals surface area contributed by atoms with E-state index in [0.717, 1.165) is 5.82 Å². The molecule has 1 aromatic rings. The van der Waals surface area contributed by atoms with E-state index in [4.69, 9.17) is 0 Å². The third-order valence-electron chi connectivity index (χ3n) is 2.58. The first kappa shape index (κ1) is 10.1. The number of carbonyl (C=O) groups is 1. The highest BCUT2D eigenvalue weighted by Crippen LogP contribution is 2.21. The van der Waals surface area contributed by atoms with Crippen molar-refractivity contribution in [3.05, 3.63) is 5.82 Å². The summed E-state index contributed by atoms with van der Waals surface area (Å²) in [5.41, 5.74) is 0. The van der Waals surface area contributed by atoms with E-state index in [9.17, 15) is 4.79 Å². The lowest BCUT2D eigenvalue weighted by Gasteiger charge is -2.24. The van der Waals surface area contributed by atoms with Crippen LogP contribution in [0.5, 0.6) is 0 Å². The molecule has 2 heterocycles. The van der Waals surface area contributed by atoms with Crippen LogP contribution in [0.15, 0.2) is 0 Å². The first-order chi connectivity index (χ1) is 7.13. The molecule has 0 aromatic carbocycles. The van der Waals surface area contributed by atoms with Crippen LogP contribution in [0.3, 0.4) is 0 Å². The Hall–Kier alpha value is -1.39. The molecule has 0 saturated carbocycles. The second-order valence-electron chi connectivity index (χ2n) is 4.04. The molecule has 82 valence electrons. The van der Waals surface area contributed by atoms with E-state index >= 15 is 0 Å². The molecule has 0 N–H and O–H groups in total. The van der Waals surface area contributed by atoms with Crippen LogP contribution in [0.4, 0.5) is 5.95 Å². The van der Waals surface area contributed by atoms with Crippen LogP contribution in [-0.4, -0.2) is 27.2 Å². The summed E-state index contributed by atoms with van der Waals surface area (Å²) in [4.78, 5) is 17.7. The Kier molecular flexibility index (Phi) is 2.46. The van der Waals surface area contributed by atoms with Gasteiger partial charge in [0.2, 0.25) is 11.9 Å². The minimum Gasteiger partial charge on any atom is -0.281 e. The largest absolute Gasteiger partial charge is 0.281 e. The molecule has 0 unspecified atom stereocenters. The highest BCUT2D eigenvalue weighted by atomic mass is 16.2. The monoisotopic (exact) mass is 208 g/mol. The molecule has 0 radical (unpaired) electrons. The number of anilines is 1. The minimum atomic E-state index is 0.146. The number of aryl methyl sites for hydroxylation is 1.